The number of fused-ring (bicyclic) bond motifs is 1. The summed E-state index contributed by atoms with van der Waals surface area (Å²) in [6.07, 6.45) is 4.14. The van der Waals surface area contributed by atoms with Gasteiger partial charge in [-0.3, -0.25) is 9.30 Å². The third-order valence-corrected chi connectivity index (χ3v) is 4.03. The minimum Gasteiger partial charge on any atom is -0.477 e. The average molecular weight is 273 g/mol. The average Bonchev–Trinajstić information content (AvgIpc) is 3.03. The lowest BCUT2D eigenvalue weighted by Gasteiger charge is -2.26. The van der Waals surface area contributed by atoms with Crippen LogP contribution in [0, 0.1) is 0 Å². The number of carbonyl (C=O) groups is 1. The standard InChI is InChI=1S/C15H19N3O2/c1-10(2)17-8-4-6-12(17)11-9-18-13(15(19)20)5-3-7-14(18)16-11/h3,5,7,9-10,12H,4,6,8H2,1-2H3,(H,19,20). The van der Waals surface area contributed by atoms with Crippen molar-refractivity contribution in [3.63, 3.8) is 0 Å². The maximum Gasteiger partial charge on any atom is 0.352 e. The SMILES string of the molecule is CC(C)N1CCCC1c1cn2c(C(=O)O)cccc2n1. The van der Waals surface area contributed by atoms with Crippen molar-refractivity contribution in [3.05, 3.63) is 35.8 Å². The van der Waals surface area contributed by atoms with Crippen LogP contribution in [0.15, 0.2) is 24.4 Å². The minimum absolute atomic E-state index is 0.260. The van der Waals surface area contributed by atoms with Crippen LogP contribution < -0.4 is 0 Å². The van der Waals surface area contributed by atoms with Gasteiger partial charge in [0.15, 0.2) is 0 Å². The van der Waals surface area contributed by atoms with Crippen molar-refractivity contribution in [1.82, 2.24) is 14.3 Å². The number of likely N-dealkylation sites (tertiary alicyclic amines) is 1. The van der Waals surface area contributed by atoms with Crippen LogP contribution in [0.2, 0.25) is 0 Å². The normalized spacial score (nSPS) is 20.1. The van der Waals surface area contributed by atoms with E-state index in [4.69, 9.17) is 0 Å². The summed E-state index contributed by atoms with van der Waals surface area (Å²) in [5, 5.41) is 9.24. The molecule has 2 aromatic heterocycles. The van der Waals surface area contributed by atoms with E-state index < -0.39 is 5.97 Å². The lowest BCUT2D eigenvalue weighted by molar-refractivity contribution is 0.0689. The fraction of sp³-hybridized carbons (Fsp3) is 0.467. The van der Waals surface area contributed by atoms with Gasteiger partial charge in [0.25, 0.3) is 0 Å². The number of pyridine rings is 1. The summed E-state index contributed by atoms with van der Waals surface area (Å²) in [6.45, 7) is 5.47. The van der Waals surface area contributed by atoms with Gasteiger partial charge >= 0.3 is 5.97 Å². The van der Waals surface area contributed by atoms with Crippen LogP contribution in [0.5, 0.6) is 0 Å². The molecule has 5 nitrogen and oxygen atoms in total. The largest absolute Gasteiger partial charge is 0.477 e. The van der Waals surface area contributed by atoms with Gasteiger partial charge in [0.05, 0.1) is 11.7 Å². The van der Waals surface area contributed by atoms with Crippen LogP contribution in [0.3, 0.4) is 0 Å². The van der Waals surface area contributed by atoms with Crippen molar-refractivity contribution in [3.8, 4) is 0 Å². The topological polar surface area (TPSA) is 57.8 Å². The number of aromatic carboxylic acids is 1. The summed E-state index contributed by atoms with van der Waals surface area (Å²) in [4.78, 5) is 18.3. The summed E-state index contributed by atoms with van der Waals surface area (Å²) in [7, 11) is 0. The fourth-order valence-electron chi connectivity index (χ4n) is 3.09. The maximum atomic E-state index is 11.3. The first kappa shape index (κ1) is 13.1. The van der Waals surface area contributed by atoms with Crippen molar-refractivity contribution in [2.45, 2.75) is 38.8 Å². The smallest absolute Gasteiger partial charge is 0.352 e. The van der Waals surface area contributed by atoms with Gasteiger partial charge in [0, 0.05) is 12.2 Å². The summed E-state index contributed by atoms with van der Waals surface area (Å²) in [6, 6.07) is 5.98. The van der Waals surface area contributed by atoms with E-state index in [0.717, 1.165) is 18.7 Å². The Morgan fingerprint density at radius 3 is 2.95 bits per heavy atom. The lowest BCUT2D eigenvalue weighted by Crippen LogP contribution is -2.30. The van der Waals surface area contributed by atoms with Crippen LogP contribution in [-0.2, 0) is 0 Å². The summed E-state index contributed by atoms with van der Waals surface area (Å²) < 4.78 is 1.68. The first-order chi connectivity index (χ1) is 9.58. The molecule has 0 saturated carbocycles. The molecule has 0 aromatic carbocycles. The molecule has 0 amide bonds. The Hall–Kier alpha value is -1.88. The van der Waals surface area contributed by atoms with E-state index in [0.29, 0.717) is 17.7 Å². The highest BCUT2D eigenvalue weighted by molar-refractivity contribution is 5.86. The van der Waals surface area contributed by atoms with Crippen molar-refractivity contribution in [2.24, 2.45) is 0 Å². The molecule has 1 aliphatic rings. The molecule has 0 aliphatic carbocycles. The molecule has 3 rings (SSSR count). The molecule has 3 heterocycles. The molecule has 1 saturated heterocycles. The van der Waals surface area contributed by atoms with Crippen LogP contribution in [0.4, 0.5) is 0 Å². The van der Waals surface area contributed by atoms with E-state index >= 15 is 0 Å². The highest BCUT2D eigenvalue weighted by Gasteiger charge is 2.30. The van der Waals surface area contributed by atoms with Crippen LogP contribution in [0.25, 0.3) is 5.65 Å². The molecule has 106 valence electrons. The molecule has 1 fully saturated rings. The molecule has 0 spiro atoms. The molecular weight excluding hydrogens is 254 g/mol. The second-order valence-electron chi connectivity index (χ2n) is 5.60. The van der Waals surface area contributed by atoms with E-state index in [1.807, 2.05) is 12.3 Å². The van der Waals surface area contributed by atoms with Crippen molar-refractivity contribution in [1.29, 1.82) is 0 Å². The predicted molar refractivity (Wildman–Crippen MR) is 76.0 cm³/mol. The van der Waals surface area contributed by atoms with Gasteiger partial charge in [0.1, 0.15) is 11.3 Å². The van der Waals surface area contributed by atoms with Gasteiger partial charge in [-0.15, -0.1) is 0 Å². The minimum atomic E-state index is -0.924. The predicted octanol–water partition coefficient (Wildman–Crippen LogP) is 2.58. The molecule has 1 unspecified atom stereocenters. The Bertz CT molecular complexity index is 648. The second-order valence-corrected chi connectivity index (χ2v) is 5.60. The molecule has 20 heavy (non-hydrogen) atoms. The number of nitrogens with zero attached hydrogens (tertiary/aromatic N) is 3. The van der Waals surface area contributed by atoms with Gasteiger partial charge < -0.3 is 5.11 Å². The zero-order valence-corrected chi connectivity index (χ0v) is 11.8. The Kier molecular flexibility index (Phi) is 3.22. The zero-order valence-electron chi connectivity index (χ0n) is 11.8. The highest BCUT2D eigenvalue weighted by atomic mass is 16.4. The van der Waals surface area contributed by atoms with Crippen LogP contribution in [-0.4, -0.2) is 37.9 Å². The van der Waals surface area contributed by atoms with Gasteiger partial charge in [0.2, 0.25) is 0 Å². The Morgan fingerprint density at radius 2 is 2.25 bits per heavy atom. The van der Waals surface area contributed by atoms with Crippen molar-refractivity contribution in [2.75, 3.05) is 6.54 Å². The number of hydrogen-bond donors (Lipinski definition) is 1. The molecule has 1 aliphatic heterocycles. The zero-order chi connectivity index (χ0) is 14.3. The third-order valence-electron chi connectivity index (χ3n) is 4.03. The molecule has 0 bridgehead atoms. The number of carboxylic acid groups (broad SMARTS) is 1. The fourth-order valence-corrected chi connectivity index (χ4v) is 3.09. The summed E-state index contributed by atoms with van der Waals surface area (Å²) in [5.74, 6) is -0.924. The van der Waals surface area contributed by atoms with E-state index in [9.17, 15) is 9.90 Å². The van der Waals surface area contributed by atoms with Gasteiger partial charge in [-0.25, -0.2) is 9.78 Å². The van der Waals surface area contributed by atoms with Gasteiger partial charge in [-0.05, 0) is 45.4 Å². The van der Waals surface area contributed by atoms with Crippen LogP contribution in [0.1, 0.15) is 48.9 Å². The van der Waals surface area contributed by atoms with E-state index in [1.165, 1.54) is 6.42 Å². The van der Waals surface area contributed by atoms with E-state index in [-0.39, 0.29) is 5.69 Å². The summed E-state index contributed by atoms with van der Waals surface area (Å²) >= 11 is 0. The molecule has 2 aromatic rings. The number of carboxylic acids is 1. The Labute approximate surface area is 117 Å². The Balaban J connectivity index is 2.05. The van der Waals surface area contributed by atoms with E-state index in [1.54, 1.807) is 16.5 Å². The number of aromatic nitrogens is 2. The number of rotatable bonds is 3. The van der Waals surface area contributed by atoms with Crippen molar-refractivity contribution < 1.29 is 9.90 Å². The van der Waals surface area contributed by atoms with E-state index in [2.05, 4.69) is 23.7 Å². The van der Waals surface area contributed by atoms with Gasteiger partial charge in [-0.1, -0.05) is 6.07 Å². The second kappa shape index (κ2) is 4.90. The third kappa shape index (κ3) is 2.08. The quantitative estimate of drug-likeness (QED) is 0.933. The lowest BCUT2D eigenvalue weighted by atomic mass is 10.1. The highest BCUT2D eigenvalue weighted by Crippen LogP contribution is 2.33. The molecule has 5 heteroatoms. The maximum absolute atomic E-state index is 11.3. The van der Waals surface area contributed by atoms with Gasteiger partial charge in [-0.2, -0.15) is 0 Å². The Morgan fingerprint density at radius 1 is 1.45 bits per heavy atom. The monoisotopic (exact) mass is 273 g/mol. The number of imidazole rings is 1. The molecule has 0 radical (unpaired) electrons. The molecule has 1 N–H and O–H groups in total. The first-order valence-electron chi connectivity index (χ1n) is 7.05. The van der Waals surface area contributed by atoms with Crippen LogP contribution >= 0.6 is 0 Å². The number of hydrogen-bond acceptors (Lipinski definition) is 3. The molecule has 1 atom stereocenters. The summed E-state index contributed by atoms with van der Waals surface area (Å²) in [5.41, 5.74) is 1.94. The van der Waals surface area contributed by atoms with Crippen molar-refractivity contribution >= 4 is 11.6 Å². The first-order valence-corrected chi connectivity index (χ1v) is 7.05. The molecular formula is C15H19N3O2.